The number of hydrogen-bond acceptors (Lipinski definition) is 3. The van der Waals surface area contributed by atoms with Crippen LogP contribution < -0.4 is 10.6 Å². The van der Waals surface area contributed by atoms with Crippen molar-refractivity contribution in [3.8, 4) is 0 Å². The monoisotopic (exact) mass is 351 g/mol. The molecule has 1 aromatic carbocycles. The van der Waals surface area contributed by atoms with Gasteiger partial charge in [0.25, 0.3) is 0 Å². The predicted molar refractivity (Wildman–Crippen MR) is 100 cm³/mol. The van der Waals surface area contributed by atoms with Crippen LogP contribution in [0.3, 0.4) is 0 Å². The maximum atomic E-state index is 12.9. The summed E-state index contributed by atoms with van der Waals surface area (Å²) in [4.78, 5) is 29.7. The number of pyridine rings is 1. The minimum absolute atomic E-state index is 0.000397. The highest BCUT2D eigenvalue weighted by Crippen LogP contribution is 2.42. The summed E-state index contributed by atoms with van der Waals surface area (Å²) in [7, 11) is 0. The Morgan fingerprint density at radius 1 is 1.23 bits per heavy atom. The van der Waals surface area contributed by atoms with Crippen LogP contribution in [-0.2, 0) is 9.59 Å². The van der Waals surface area contributed by atoms with Crippen LogP contribution in [-0.4, -0.2) is 23.3 Å². The maximum Gasteiger partial charge on any atom is 0.226 e. The van der Waals surface area contributed by atoms with E-state index in [2.05, 4.69) is 40.7 Å². The van der Waals surface area contributed by atoms with Gasteiger partial charge >= 0.3 is 0 Å². The molecule has 3 atom stereocenters. The van der Waals surface area contributed by atoms with Gasteiger partial charge in [-0.25, -0.2) is 0 Å². The SMILES string of the molecule is Cc1cc(C2CCC([C@@]3(C)CCCNC3=O)C(=O)N2)cc2ncccc12. The van der Waals surface area contributed by atoms with Crippen LogP contribution in [0.1, 0.15) is 49.8 Å². The molecule has 2 aliphatic rings. The molecule has 5 nitrogen and oxygen atoms in total. The van der Waals surface area contributed by atoms with Crippen LogP contribution >= 0.6 is 0 Å². The number of benzene rings is 1. The molecule has 0 bridgehead atoms. The van der Waals surface area contributed by atoms with Crippen LogP contribution in [0, 0.1) is 18.3 Å². The average Bonchev–Trinajstić information content (AvgIpc) is 2.64. The van der Waals surface area contributed by atoms with Crippen molar-refractivity contribution in [2.45, 2.75) is 45.6 Å². The number of nitrogens with zero attached hydrogens (tertiary/aromatic N) is 1. The molecule has 136 valence electrons. The van der Waals surface area contributed by atoms with Crippen molar-refractivity contribution in [2.24, 2.45) is 11.3 Å². The molecule has 0 aliphatic carbocycles. The largest absolute Gasteiger partial charge is 0.356 e. The van der Waals surface area contributed by atoms with Crippen molar-refractivity contribution in [3.05, 3.63) is 41.6 Å². The first-order valence-electron chi connectivity index (χ1n) is 9.43. The van der Waals surface area contributed by atoms with Crippen molar-refractivity contribution in [1.82, 2.24) is 15.6 Å². The molecule has 2 N–H and O–H groups in total. The Labute approximate surface area is 153 Å². The highest BCUT2D eigenvalue weighted by atomic mass is 16.2. The van der Waals surface area contributed by atoms with Gasteiger partial charge in [0, 0.05) is 18.1 Å². The fourth-order valence-corrected chi connectivity index (χ4v) is 4.57. The number of carbonyl (C=O) groups is 2. The van der Waals surface area contributed by atoms with E-state index >= 15 is 0 Å². The first kappa shape index (κ1) is 17.0. The molecule has 2 amide bonds. The summed E-state index contributed by atoms with van der Waals surface area (Å²) in [5.74, 6) is -0.230. The lowest BCUT2D eigenvalue weighted by atomic mass is 9.67. The third-order valence-electron chi connectivity index (χ3n) is 6.18. The Kier molecular flexibility index (Phi) is 4.17. The Balaban J connectivity index is 1.57. The predicted octanol–water partition coefficient (Wildman–Crippen LogP) is 3.03. The van der Waals surface area contributed by atoms with Gasteiger partial charge in [0.05, 0.1) is 22.9 Å². The van der Waals surface area contributed by atoms with Crippen molar-refractivity contribution >= 4 is 22.7 Å². The second-order valence-corrected chi connectivity index (χ2v) is 7.88. The molecule has 4 rings (SSSR count). The fourth-order valence-electron chi connectivity index (χ4n) is 4.57. The van der Waals surface area contributed by atoms with Gasteiger partial charge in [-0.05, 0) is 62.8 Å². The van der Waals surface area contributed by atoms with Crippen molar-refractivity contribution in [3.63, 3.8) is 0 Å². The van der Waals surface area contributed by atoms with Crippen molar-refractivity contribution in [1.29, 1.82) is 0 Å². The van der Waals surface area contributed by atoms with E-state index in [1.54, 1.807) is 6.20 Å². The molecule has 0 radical (unpaired) electrons. The van der Waals surface area contributed by atoms with Gasteiger partial charge < -0.3 is 10.6 Å². The molecule has 0 saturated carbocycles. The lowest BCUT2D eigenvalue weighted by Gasteiger charge is -2.42. The first-order chi connectivity index (χ1) is 12.5. The lowest BCUT2D eigenvalue weighted by molar-refractivity contribution is -0.146. The topological polar surface area (TPSA) is 71.1 Å². The lowest BCUT2D eigenvalue weighted by Crippen LogP contribution is -2.54. The highest BCUT2D eigenvalue weighted by molar-refractivity contribution is 5.91. The molecule has 2 aliphatic heterocycles. The number of amides is 2. The standard InChI is InChI=1S/C21H25N3O2/c1-13-11-14(12-18-15(13)5-3-9-22-18)17-7-6-16(19(25)24-17)21(2)8-4-10-23-20(21)26/h3,5,9,11-12,16-17H,4,6-8,10H2,1-2H3,(H,23,26)(H,24,25)/t16?,17?,21-/m1/s1. The van der Waals surface area contributed by atoms with Crippen LogP contribution in [0.5, 0.6) is 0 Å². The molecule has 2 saturated heterocycles. The number of aromatic nitrogens is 1. The van der Waals surface area contributed by atoms with Gasteiger partial charge in [-0.1, -0.05) is 12.1 Å². The van der Waals surface area contributed by atoms with E-state index in [1.165, 1.54) is 5.56 Å². The zero-order chi connectivity index (χ0) is 18.3. The van der Waals surface area contributed by atoms with E-state index in [0.717, 1.165) is 48.7 Å². The van der Waals surface area contributed by atoms with E-state index in [1.807, 2.05) is 13.0 Å². The van der Waals surface area contributed by atoms with Crippen molar-refractivity contribution in [2.75, 3.05) is 6.54 Å². The number of carbonyl (C=O) groups excluding carboxylic acids is 2. The summed E-state index contributed by atoms with van der Waals surface area (Å²) >= 11 is 0. The molecule has 3 heterocycles. The van der Waals surface area contributed by atoms with E-state index in [0.29, 0.717) is 0 Å². The summed E-state index contributed by atoms with van der Waals surface area (Å²) < 4.78 is 0. The van der Waals surface area contributed by atoms with Crippen molar-refractivity contribution < 1.29 is 9.59 Å². The Morgan fingerprint density at radius 2 is 2.08 bits per heavy atom. The highest BCUT2D eigenvalue weighted by Gasteiger charge is 2.48. The molecule has 2 unspecified atom stereocenters. The number of fused-ring (bicyclic) bond motifs is 1. The van der Waals surface area contributed by atoms with Gasteiger partial charge in [0.1, 0.15) is 0 Å². The fraction of sp³-hybridized carbons (Fsp3) is 0.476. The van der Waals surface area contributed by atoms with Crippen LogP contribution in [0.25, 0.3) is 10.9 Å². The molecular formula is C21H25N3O2. The molecule has 2 aromatic rings. The summed E-state index contributed by atoms with van der Waals surface area (Å²) in [5.41, 5.74) is 2.63. The molecular weight excluding hydrogens is 326 g/mol. The van der Waals surface area contributed by atoms with Gasteiger partial charge in [-0.2, -0.15) is 0 Å². The minimum Gasteiger partial charge on any atom is -0.356 e. The second-order valence-electron chi connectivity index (χ2n) is 7.88. The normalized spacial score (nSPS) is 29.3. The van der Waals surface area contributed by atoms with E-state index in [4.69, 9.17) is 0 Å². The second kappa shape index (κ2) is 6.38. The minimum atomic E-state index is -0.589. The number of nitrogens with one attached hydrogen (secondary N) is 2. The average molecular weight is 351 g/mol. The van der Waals surface area contributed by atoms with Gasteiger partial charge in [0.15, 0.2) is 0 Å². The molecule has 5 heteroatoms. The van der Waals surface area contributed by atoms with E-state index in [9.17, 15) is 9.59 Å². The smallest absolute Gasteiger partial charge is 0.226 e. The molecule has 0 spiro atoms. The zero-order valence-corrected chi connectivity index (χ0v) is 15.3. The first-order valence-corrected chi connectivity index (χ1v) is 9.43. The van der Waals surface area contributed by atoms with Gasteiger partial charge in [-0.3, -0.25) is 14.6 Å². The number of hydrogen-bond donors (Lipinski definition) is 2. The van der Waals surface area contributed by atoms with Crippen LogP contribution in [0.2, 0.25) is 0 Å². The zero-order valence-electron chi connectivity index (χ0n) is 15.3. The van der Waals surface area contributed by atoms with Crippen LogP contribution in [0.15, 0.2) is 30.5 Å². The number of aryl methyl sites for hydroxylation is 1. The number of piperidine rings is 2. The number of rotatable bonds is 2. The van der Waals surface area contributed by atoms with Crippen LogP contribution in [0.4, 0.5) is 0 Å². The Morgan fingerprint density at radius 3 is 2.85 bits per heavy atom. The maximum absolute atomic E-state index is 12.9. The Hall–Kier alpha value is -2.43. The van der Waals surface area contributed by atoms with E-state index in [-0.39, 0.29) is 23.8 Å². The summed E-state index contributed by atoms with van der Waals surface area (Å²) in [6.45, 7) is 4.74. The third kappa shape index (κ3) is 2.75. The molecule has 2 fully saturated rings. The van der Waals surface area contributed by atoms with E-state index < -0.39 is 5.41 Å². The van der Waals surface area contributed by atoms with Gasteiger partial charge in [-0.15, -0.1) is 0 Å². The quantitative estimate of drug-likeness (QED) is 0.874. The summed E-state index contributed by atoms with van der Waals surface area (Å²) in [6, 6.07) is 8.21. The Bertz CT molecular complexity index is 879. The molecule has 1 aromatic heterocycles. The molecule has 26 heavy (non-hydrogen) atoms. The summed E-state index contributed by atoms with van der Waals surface area (Å²) in [5, 5.41) is 7.25. The summed E-state index contributed by atoms with van der Waals surface area (Å²) in [6.07, 6.45) is 5.09. The third-order valence-corrected chi connectivity index (χ3v) is 6.18. The van der Waals surface area contributed by atoms with Gasteiger partial charge in [0.2, 0.25) is 11.8 Å².